The molecular formula is C21H21ClN6OS. The zero-order valence-corrected chi connectivity index (χ0v) is 18.5. The summed E-state index contributed by atoms with van der Waals surface area (Å²) in [6, 6.07) is 9.62. The van der Waals surface area contributed by atoms with Crippen molar-refractivity contribution in [3.05, 3.63) is 65.0 Å². The smallest absolute Gasteiger partial charge is 0.237 e. The number of thioether (sulfide) groups is 1. The minimum atomic E-state index is 0.472. The second kappa shape index (κ2) is 8.97. The molecule has 4 rings (SSSR count). The van der Waals surface area contributed by atoms with E-state index in [9.17, 15) is 0 Å². The van der Waals surface area contributed by atoms with E-state index in [1.807, 2.05) is 41.8 Å². The highest BCUT2D eigenvalue weighted by Crippen LogP contribution is 2.32. The fraction of sp³-hybridized carbons (Fsp3) is 0.286. The van der Waals surface area contributed by atoms with E-state index in [4.69, 9.17) is 16.1 Å². The summed E-state index contributed by atoms with van der Waals surface area (Å²) in [4.78, 5) is 8.58. The topological polar surface area (TPSA) is 82.5 Å². The minimum Gasteiger partial charge on any atom is -0.338 e. The van der Waals surface area contributed by atoms with Crippen LogP contribution in [0, 0.1) is 12.8 Å². The van der Waals surface area contributed by atoms with Crippen LogP contribution in [-0.2, 0) is 12.2 Å². The zero-order chi connectivity index (χ0) is 21.1. The maximum Gasteiger partial charge on any atom is 0.237 e. The summed E-state index contributed by atoms with van der Waals surface area (Å²) in [6.07, 6.45) is 4.26. The Morgan fingerprint density at radius 3 is 2.70 bits per heavy atom. The highest BCUT2D eigenvalue weighted by molar-refractivity contribution is 7.98. The first kappa shape index (κ1) is 20.6. The van der Waals surface area contributed by atoms with Gasteiger partial charge in [-0.25, -0.2) is 0 Å². The Morgan fingerprint density at radius 1 is 1.13 bits per heavy atom. The van der Waals surface area contributed by atoms with E-state index in [1.54, 1.807) is 12.4 Å². The Morgan fingerprint density at radius 2 is 1.93 bits per heavy atom. The van der Waals surface area contributed by atoms with Crippen molar-refractivity contribution in [2.24, 2.45) is 5.92 Å². The molecule has 9 heteroatoms. The maximum atomic E-state index is 6.39. The van der Waals surface area contributed by atoms with Crippen molar-refractivity contribution < 1.29 is 4.52 Å². The van der Waals surface area contributed by atoms with Crippen LogP contribution in [0.2, 0.25) is 5.02 Å². The average molecular weight is 441 g/mol. The number of pyridine rings is 1. The van der Waals surface area contributed by atoms with Crippen molar-refractivity contribution in [3.8, 4) is 17.1 Å². The van der Waals surface area contributed by atoms with Crippen molar-refractivity contribution in [1.29, 1.82) is 0 Å². The molecule has 7 nitrogen and oxygen atoms in total. The Labute approximate surface area is 183 Å². The average Bonchev–Trinajstić information content (AvgIpc) is 3.35. The predicted molar refractivity (Wildman–Crippen MR) is 117 cm³/mol. The second-order valence-corrected chi connectivity index (χ2v) is 8.60. The van der Waals surface area contributed by atoms with E-state index in [0.29, 0.717) is 22.6 Å². The molecule has 0 fully saturated rings. The molecule has 0 spiro atoms. The zero-order valence-electron chi connectivity index (χ0n) is 16.9. The van der Waals surface area contributed by atoms with E-state index >= 15 is 0 Å². The molecule has 154 valence electrons. The number of aromatic nitrogens is 6. The highest BCUT2D eigenvalue weighted by atomic mass is 35.5. The van der Waals surface area contributed by atoms with E-state index in [0.717, 1.165) is 40.0 Å². The van der Waals surface area contributed by atoms with Gasteiger partial charge in [-0.2, -0.15) is 4.98 Å². The van der Waals surface area contributed by atoms with Gasteiger partial charge in [-0.05, 0) is 42.7 Å². The number of benzene rings is 1. The summed E-state index contributed by atoms with van der Waals surface area (Å²) in [5.41, 5.74) is 2.79. The van der Waals surface area contributed by atoms with Gasteiger partial charge in [0.05, 0.1) is 11.4 Å². The van der Waals surface area contributed by atoms with Gasteiger partial charge in [-0.15, -0.1) is 10.2 Å². The first-order valence-corrected chi connectivity index (χ1v) is 10.9. The lowest BCUT2D eigenvalue weighted by molar-refractivity contribution is 0.382. The SMILES string of the molecule is Cc1c(Cl)cccc1-n1c(SCc2nc(CC(C)C)no2)nnc1-c1ccncc1. The molecule has 3 aromatic heterocycles. The van der Waals surface area contributed by atoms with E-state index < -0.39 is 0 Å². The Kier molecular flexibility index (Phi) is 6.15. The number of hydrogen-bond donors (Lipinski definition) is 0. The van der Waals surface area contributed by atoms with Crippen LogP contribution in [-0.4, -0.2) is 29.9 Å². The molecule has 0 aliphatic rings. The van der Waals surface area contributed by atoms with Crippen LogP contribution >= 0.6 is 23.4 Å². The molecule has 3 heterocycles. The van der Waals surface area contributed by atoms with Gasteiger partial charge in [0.1, 0.15) is 0 Å². The van der Waals surface area contributed by atoms with Crippen LogP contribution in [0.25, 0.3) is 17.1 Å². The molecule has 0 bridgehead atoms. The van der Waals surface area contributed by atoms with Crippen LogP contribution in [0.5, 0.6) is 0 Å². The Bertz CT molecular complexity index is 1140. The third-order valence-electron chi connectivity index (χ3n) is 4.48. The number of nitrogens with zero attached hydrogens (tertiary/aromatic N) is 6. The van der Waals surface area contributed by atoms with Gasteiger partial charge in [0.15, 0.2) is 16.8 Å². The highest BCUT2D eigenvalue weighted by Gasteiger charge is 2.19. The molecule has 1 aromatic carbocycles. The van der Waals surface area contributed by atoms with Gasteiger partial charge >= 0.3 is 0 Å². The van der Waals surface area contributed by atoms with E-state index in [2.05, 4.69) is 39.2 Å². The summed E-state index contributed by atoms with van der Waals surface area (Å²) in [7, 11) is 0. The fourth-order valence-electron chi connectivity index (χ4n) is 3.03. The van der Waals surface area contributed by atoms with Gasteiger partial charge in [0, 0.05) is 29.4 Å². The van der Waals surface area contributed by atoms with Crippen molar-refractivity contribution in [2.75, 3.05) is 0 Å². The van der Waals surface area contributed by atoms with Crippen molar-refractivity contribution in [2.45, 2.75) is 38.1 Å². The van der Waals surface area contributed by atoms with Crippen LogP contribution < -0.4 is 0 Å². The molecule has 0 aliphatic heterocycles. The van der Waals surface area contributed by atoms with Crippen molar-refractivity contribution in [3.63, 3.8) is 0 Å². The van der Waals surface area contributed by atoms with Gasteiger partial charge in [-0.3, -0.25) is 9.55 Å². The van der Waals surface area contributed by atoms with Gasteiger partial charge < -0.3 is 4.52 Å². The summed E-state index contributed by atoms with van der Waals surface area (Å²) in [5, 5.41) is 14.3. The quantitative estimate of drug-likeness (QED) is 0.367. The number of hydrogen-bond acceptors (Lipinski definition) is 7. The molecular weight excluding hydrogens is 420 g/mol. The Hall–Kier alpha value is -2.71. The molecule has 0 atom stereocenters. The first-order chi connectivity index (χ1) is 14.5. The molecule has 0 N–H and O–H groups in total. The fourth-order valence-corrected chi connectivity index (χ4v) is 3.98. The first-order valence-electron chi connectivity index (χ1n) is 9.58. The monoisotopic (exact) mass is 440 g/mol. The molecule has 0 saturated carbocycles. The maximum absolute atomic E-state index is 6.39. The van der Waals surface area contributed by atoms with Crippen LogP contribution in [0.4, 0.5) is 0 Å². The number of halogens is 1. The lowest BCUT2D eigenvalue weighted by Crippen LogP contribution is -2.02. The second-order valence-electron chi connectivity index (χ2n) is 7.25. The minimum absolute atomic E-state index is 0.472. The third-order valence-corrected chi connectivity index (χ3v) is 5.80. The Balaban J connectivity index is 1.69. The normalized spacial score (nSPS) is 11.4. The van der Waals surface area contributed by atoms with Gasteiger partial charge in [0.25, 0.3) is 0 Å². The molecule has 0 aliphatic carbocycles. The van der Waals surface area contributed by atoms with Gasteiger partial charge in [0.2, 0.25) is 5.89 Å². The molecule has 4 aromatic rings. The van der Waals surface area contributed by atoms with Gasteiger partial charge in [-0.1, -0.05) is 48.4 Å². The molecule has 0 radical (unpaired) electrons. The van der Waals surface area contributed by atoms with Crippen LogP contribution in [0.15, 0.2) is 52.4 Å². The third kappa shape index (κ3) is 4.39. The molecule has 0 unspecified atom stereocenters. The molecule has 0 saturated heterocycles. The molecule has 0 amide bonds. The van der Waals surface area contributed by atoms with Crippen molar-refractivity contribution >= 4 is 23.4 Å². The molecule has 30 heavy (non-hydrogen) atoms. The summed E-state index contributed by atoms with van der Waals surface area (Å²) in [5.74, 6) is 2.99. The largest absolute Gasteiger partial charge is 0.338 e. The van der Waals surface area contributed by atoms with E-state index in [1.165, 1.54) is 11.8 Å². The van der Waals surface area contributed by atoms with Crippen LogP contribution in [0.3, 0.4) is 0 Å². The van der Waals surface area contributed by atoms with Crippen molar-refractivity contribution in [1.82, 2.24) is 29.9 Å². The standard InChI is InChI=1S/C21H21ClN6OS/c1-13(2)11-18-24-19(29-27-18)12-30-21-26-25-20(15-7-9-23-10-8-15)28(21)17-6-4-5-16(22)14(17)3/h4-10,13H,11-12H2,1-3H3. The summed E-state index contributed by atoms with van der Waals surface area (Å²) in [6.45, 7) is 6.24. The lowest BCUT2D eigenvalue weighted by Gasteiger charge is -2.13. The van der Waals surface area contributed by atoms with Crippen LogP contribution in [0.1, 0.15) is 31.1 Å². The summed E-state index contributed by atoms with van der Waals surface area (Å²) >= 11 is 7.89. The lowest BCUT2D eigenvalue weighted by atomic mass is 10.1. The van der Waals surface area contributed by atoms with E-state index in [-0.39, 0.29) is 0 Å². The number of rotatable bonds is 7. The predicted octanol–water partition coefficient (Wildman–Crippen LogP) is 5.16. The summed E-state index contributed by atoms with van der Waals surface area (Å²) < 4.78 is 7.40.